The maximum Gasteiger partial charge on any atom is 0.339 e. The molecular weight excluding hydrogens is 358 g/mol. The Kier molecular flexibility index (Phi) is 5.74. The van der Waals surface area contributed by atoms with E-state index in [0.717, 1.165) is 10.4 Å². The second-order valence-electron chi connectivity index (χ2n) is 5.38. The van der Waals surface area contributed by atoms with Gasteiger partial charge in [0.15, 0.2) is 9.84 Å². The van der Waals surface area contributed by atoms with E-state index in [-0.39, 0.29) is 34.0 Å². The zero-order chi connectivity index (χ0) is 17.2. The molecule has 1 atom stereocenters. The molecule has 0 saturated carbocycles. The Hall–Kier alpha value is -1.06. The van der Waals surface area contributed by atoms with Gasteiger partial charge in [0.2, 0.25) is 5.91 Å². The normalized spacial score (nSPS) is 19.7. The minimum Gasteiger partial charge on any atom is -0.478 e. The van der Waals surface area contributed by atoms with Crippen molar-refractivity contribution in [3.8, 4) is 0 Å². The number of thiophene rings is 1. The molecule has 1 aromatic heterocycles. The van der Waals surface area contributed by atoms with E-state index in [9.17, 15) is 23.1 Å². The van der Waals surface area contributed by atoms with Crippen LogP contribution in [0.15, 0.2) is 0 Å². The maximum absolute atomic E-state index is 12.0. The number of anilines is 1. The third-order valence-corrected chi connectivity index (χ3v) is 8.01. The summed E-state index contributed by atoms with van der Waals surface area (Å²) in [6, 6.07) is 0. The summed E-state index contributed by atoms with van der Waals surface area (Å²) in [7, 11) is -2.95. The third-order valence-electron chi connectivity index (χ3n) is 3.67. The zero-order valence-electron chi connectivity index (χ0n) is 12.9. The van der Waals surface area contributed by atoms with Crippen molar-refractivity contribution in [1.82, 2.24) is 0 Å². The molecule has 1 aliphatic heterocycles. The van der Waals surface area contributed by atoms with Crippen LogP contribution in [0.25, 0.3) is 0 Å². The van der Waals surface area contributed by atoms with E-state index in [1.54, 1.807) is 0 Å². The number of amides is 1. The average Bonchev–Trinajstić information content (AvgIpc) is 2.95. The number of rotatable bonds is 6. The molecule has 1 fully saturated rings. The molecular formula is C14H19NO5S3. The van der Waals surface area contributed by atoms with Crippen LogP contribution in [0.1, 0.15) is 34.1 Å². The van der Waals surface area contributed by atoms with Gasteiger partial charge in [-0.05, 0) is 25.3 Å². The zero-order valence-corrected chi connectivity index (χ0v) is 15.4. The molecule has 128 valence electrons. The largest absolute Gasteiger partial charge is 0.478 e. The van der Waals surface area contributed by atoms with Crippen LogP contribution in [0.5, 0.6) is 0 Å². The van der Waals surface area contributed by atoms with Crippen LogP contribution in [0.2, 0.25) is 0 Å². The lowest BCUT2D eigenvalue weighted by atomic mass is 10.1. The molecule has 0 aliphatic carbocycles. The van der Waals surface area contributed by atoms with E-state index in [1.807, 2.05) is 13.8 Å². The molecule has 0 spiro atoms. The van der Waals surface area contributed by atoms with Crippen molar-refractivity contribution in [2.24, 2.45) is 0 Å². The fraction of sp³-hybridized carbons (Fsp3) is 0.571. The van der Waals surface area contributed by atoms with Gasteiger partial charge in [-0.15, -0.1) is 23.1 Å². The second-order valence-corrected chi connectivity index (χ2v) is 10.1. The molecule has 1 amide bonds. The van der Waals surface area contributed by atoms with E-state index in [0.29, 0.717) is 17.8 Å². The van der Waals surface area contributed by atoms with Crippen molar-refractivity contribution >= 4 is 49.8 Å². The first-order chi connectivity index (χ1) is 10.7. The van der Waals surface area contributed by atoms with Crippen LogP contribution in [-0.4, -0.2) is 47.9 Å². The molecule has 2 rings (SSSR count). The minimum absolute atomic E-state index is 0.0547. The Morgan fingerprint density at radius 2 is 2.13 bits per heavy atom. The van der Waals surface area contributed by atoms with Gasteiger partial charge in [0.05, 0.1) is 22.8 Å². The number of nitrogens with one attached hydrogen (secondary N) is 1. The Bertz CT molecular complexity index is 723. The lowest BCUT2D eigenvalue weighted by Crippen LogP contribution is -2.18. The van der Waals surface area contributed by atoms with Crippen LogP contribution in [0.3, 0.4) is 0 Å². The van der Waals surface area contributed by atoms with E-state index in [4.69, 9.17) is 0 Å². The fourth-order valence-electron chi connectivity index (χ4n) is 2.57. The molecule has 9 heteroatoms. The highest BCUT2D eigenvalue weighted by Crippen LogP contribution is 2.33. The molecule has 2 N–H and O–H groups in total. The van der Waals surface area contributed by atoms with E-state index < -0.39 is 15.8 Å². The van der Waals surface area contributed by atoms with Gasteiger partial charge in [0.25, 0.3) is 0 Å². The Morgan fingerprint density at radius 3 is 2.65 bits per heavy atom. The van der Waals surface area contributed by atoms with Gasteiger partial charge in [-0.3, -0.25) is 4.79 Å². The van der Waals surface area contributed by atoms with E-state index >= 15 is 0 Å². The first-order valence-electron chi connectivity index (χ1n) is 7.21. The van der Waals surface area contributed by atoms with Gasteiger partial charge in [0, 0.05) is 10.1 Å². The van der Waals surface area contributed by atoms with Crippen molar-refractivity contribution in [1.29, 1.82) is 0 Å². The summed E-state index contributed by atoms with van der Waals surface area (Å²) in [5.74, 6) is -0.928. The number of hydrogen-bond donors (Lipinski definition) is 2. The SMILES string of the molecule is CCc1c(C)sc(NC(=O)CSC2CCS(=O)(=O)C2)c1C(=O)O. The third kappa shape index (κ3) is 4.48. The average molecular weight is 378 g/mol. The molecule has 1 aromatic rings. The first kappa shape index (κ1) is 18.3. The van der Waals surface area contributed by atoms with Crippen LogP contribution >= 0.6 is 23.1 Å². The van der Waals surface area contributed by atoms with Crippen LogP contribution in [-0.2, 0) is 21.1 Å². The summed E-state index contributed by atoms with van der Waals surface area (Å²) in [4.78, 5) is 24.3. The molecule has 0 radical (unpaired) electrons. The number of hydrogen-bond acceptors (Lipinski definition) is 6. The molecule has 1 aliphatic rings. The van der Waals surface area contributed by atoms with E-state index in [1.165, 1.54) is 23.1 Å². The minimum atomic E-state index is -2.95. The van der Waals surface area contributed by atoms with Crippen molar-refractivity contribution in [3.05, 3.63) is 16.0 Å². The van der Waals surface area contributed by atoms with Crippen LogP contribution in [0.4, 0.5) is 5.00 Å². The summed E-state index contributed by atoms with van der Waals surface area (Å²) in [6.45, 7) is 3.72. The van der Waals surface area contributed by atoms with Crippen molar-refractivity contribution in [2.45, 2.75) is 31.9 Å². The number of carbonyl (C=O) groups is 2. The summed E-state index contributed by atoms with van der Waals surface area (Å²) in [5.41, 5.74) is 0.907. The molecule has 0 bridgehead atoms. The van der Waals surface area contributed by atoms with Crippen LogP contribution < -0.4 is 5.32 Å². The number of aryl methyl sites for hydroxylation is 1. The van der Waals surface area contributed by atoms with Gasteiger partial charge in [0.1, 0.15) is 5.00 Å². The number of carbonyl (C=O) groups excluding carboxylic acids is 1. The highest BCUT2D eigenvalue weighted by atomic mass is 32.2. The smallest absolute Gasteiger partial charge is 0.339 e. The molecule has 23 heavy (non-hydrogen) atoms. The molecule has 2 heterocycles. The Morgan fingerprint density at radius 1 is 1.43 bits per heavy atom. The second kappa shape index (κ2) is 7.23. The van der Waals surface area contributed by atoms with Gasteiger partial charge >= 0.3 is 5.97 Å². The molecule has 1 unspecified atom stereocenters. The number of aromatic carboxylic acids is 1. The molecule has 0 aromatic carbocycles. The topological polar surface area (TPSA) is 101 Å². The summed E-state index contributed by atoms with van der Waals surface area (Å²) in [5, 5.41) is 12.3. The summed E-state index contributed by atoms with van der Waals surface area (Å²) in [6.07, 6.45) is 1.16. The standard InChI is InChI=1S/C14H19NO5S3/c1-3-10-8(2)22-13(12(10)14(17)18)15-11(16)6-21-9-4-5-23(19,20)7-9/h9H,3-7H2,1-2H3,(H,15,16)(H,17,18). The van der Waals surface area contributed by atoms with Crippen molar-refractivity contribution in [2.75, 3.05) is 22.6 Å². The van der Waals surface area contributed by atoms with Gasteiger partial charge in [-0.2, -0.15) is 0 Å². The fourth-order valence-corrected chi connectivity index (χ4v) is 7.16. The quantitative estimate of drug-likeness (QED) is 0.788. The highest BCUT2D eigenvalue weighted by molar-refractivity contribution is 8.02. The molecule has 1 saturated heterocycles. The lowest BCUT2D eigenvalue weighted by molar-refractivity contribution is -0.113. The first-order valence-corrected chi connectivity index (χ1v) is 10.9. The maximum atomic E-state index is 12.0. The highest BCUT2D eigenvalue weighted by Gasteiger charge is 2.29. The number of carboxylic acids is 1. The molecule has 6 nitrogen and oxygen atoms in total. The van der Waals surface area contributed by atoms with Crippen molar-refractivity contribution < 1.29 is 23.1 Å². The predicted octanol–water partition coefficient (Wildman–Crippen LogP) is 2.18. The van der Waals surface area contributed by atoms with Gasteiger partial charge in [-0.25, -0.2) is 13.2 Å². The number of carboxylic acid groups (broad SMARTS) is 1. The Balaban J connectivity index is 1.99. The van der Waals surface area contributed by atoms with Crippen molar-refractivity contribution in [3.63, 3.8) is 0 Å². The Labute approximate surface area is 143 Å². The summed E-state index contributed by atoms with van der Waals surface area (Å²) >= 11 is 2.57. The van der Waals surface area contributed by atoms with Gasteiger partial charge < -0.3 is 10.4 Å². The number of sulfone groups is 1. The van der Waals surface area contributed by atoms with Gasteiger partial charge in [-0.1, -0.05) is 6.92 Å². The number of thioether (sulfide) groups is 1. The predicted molar refractivity (Wildman–Crippen MR) is 93.5 cm³/mol. The lowest BCUT2D eigenvalue weighted by Gasteiger charge is -2.08. The monoisotopic (exact) mass is 377 g/mol. The van der Waals surface area contributed by atoms with E-state index in [2.05, 4.69) is 5.32 Å². The van der Waals surface area contributed by atoms with Crippen LogP contribution in [0, 0.1) is 6.92 Å². The summed E-state index contributed by atoms with van der Waals surface area (Å²) < 4.78 is 22.8.